The SMILES string of the molecule is Cc1nn(-c2ccccc2)c(C)c1C(=O)Nc1ccc(NS(C)(=O)=O)cc1. The molecule has 0 spiro atoms. The van der Waals surface area contributed by atoms with Crippen LogP contribution in [0.2, 0.25) is 0 Å². The van der Waals surface area contributed by atoms with Crippen molar-refractivity contribution in [2.45, 2.75) is 13.8 Å². The molecule has 1 heterocycles. The molecule has 27 heavy (non-hydrogen) atoms. The van der Waals surface area contributed by atoms with Crippen molar-refractivity contribution in [1.29, 1.82) is 0 Å². The van der Waals surface area contributed by atoms with Crippen LogP contribution >= 0.6 is 0 Å². The highest BCUT2D eigenvalue weighted by molar-refractivity contribution is 7.92. The van der Waals surface area contributed by atoms with Gasteiger partial charge in [-0.2, -0.15) is 5.10 Å². The number of hydrogen-bond acceptors (Lipinski definition) is 4. The molecule has 2 aromatic carbocycles. The molecule has 0 aliphatic heterocycles. The van der Waals surface area contributed by atoms with Crippen LogP contribution in [0.1, 0.15) is 21.7 Å². The summed E-state index contributed by atoms with van der Waals surface area (Å²) < 4.78 is 26.6. The minimum Gasteiger partial charge on any atom is -0.322 e. The summed E-state index contributed by atoms with van der Waals surface area (Å²) in [5.74, 6) is -0.268. The van der Waals surface area contributed by atoms with Crippen molar-refractivity contribution < 1.29 is 13.2 Å². The number of amides is 1. The van der Waals surface area contributed by atoms with Gasteiger partial charge < -0.3 is 5.32 Å². The van der Waals surface area contributed by atoms with E-state index in [2.05, 4.69) is 15.1 Å². The van der Waals surface area contributed by atoms with Gasteiger partial charge in [0.25, 0.3) is 5.91 Å². The van der Waals surface area contributed by atoms with Crippen LogP contribution in [0.4, 0.5) is 11.4 Å². The molecule has 0 radical (unpaired) electrons. The predicted molar refractivity (Wildman–Crippen MR) is 106 cm³/mol. The maximum atomic E-state index is 12.7. The average molecular weight is 384 g/mol. The zero-order chi connectivity index (χ0) is 19.6. The molecule has 1 amide bonds. The topological polar surface area (TPSA) is 93.1 Å². The summed E-state index contributed by atoms with van der Waals surface area (Å²) in [5, 5.41) is 7.30. The number of para-hydroxylation sites is 1. The van der Waals surface area contributed by atoms with E-state index in [-0.39, 0.29) is 5.91 Å². The maximum absolute atomic E-state index is 12.7. The third-order valence-corrected chi connectivity index (χ3v) is 4.57. The van der Waals surface area contributed by atoms with Gasteiger partial charge in [-0.25, -0.2) is 13.1 Å². The highest BCUT2D eigenvalue weighted by Crippen LogP contribution is 2.20. The number of hydrogen-bond donors (Lipinski definition) is 2. The van der Waals surface area contributed by atoms with Crippen LogP contribution in [-0.2, 0) is 10.0 Å². The second-order valence-corrected chi connectivity index (χ2v) is 7.95. The Labute approximate surface area is 158 Å². The number of nitrogens with zero attached hydrogens (tertiary/aromatic N) is 2. The lowest BCUT2D eigenvalue weighted by Crippen LogP contribution is -2.14. The third kappa shape index (κ3) is 4.35. The molecule has 0 atom stereocenters. The zero-order valence-electron chi connectivity index (χ0n) is 15.2. The van der Waals surface area contributed by atoms with Gasteiger partial charge in [-0.1, -0.05) is 18.2 Å². The summed E-state index contributed by atoms with van der Waals surface area (Å²) >= 11 is 0. The van der Waals surface area contributed by atoms with Crippen LogP contribution in [0.15, 0.2) is 54.6 Å². The van der Waals surface area contributed by atoms with Crippen molar-refractivity contribution in [2.75, 3.05) is 16.3 Å². The Bertz CT molecular complexity index is 1070. The van der Waals surface area contributed by atoms with Crippen LogP contribution in [-0.4, -0.2) is 30.4 Å². The lowest BCUT2D eigenvalue weighted by atomic mass is 10.1. The molecule has 3 aromatic rings. The van der Waals surface area contributed by atoms with E-state index in [1.165, 1.54) is 0 Å². The standard InChI is InChI=1S/C19H20N4O3S/c1-13-18(14(2)23(21-13)17-7-5-4-6-8-17)19(24)20-15-9-11-16(12-10-15)22-27(3,25)26/h4-12,22H,1-3H3,(H,20,24). The molecule has 2 N–H and O–H groups in total. The molecule has 3 rings (SSSR count). The summed E-state index contributed by atoms with van der Waals surface area (Å²) in [5.41, 5.74) is 3.76. The molecule has 1 aromatic heterocycles. The van der Waals surface area contributed by atoms with Gasteiger partial charge in [-0.15, -0.1) is 0 Å². The van der Waals surface area contributed by atoms with Gasteiger partial charge in [-0.05, 0) is 50.2 Å². The minimum absolute atomic E-state index is 0.268. The molecule has 0 aliphatic rings. The first-order valence-electron chi connectivity index (χ1n) is 8.25. The van der Waals surface area contributed by atoms with Gasteiger partial charge in [0.05, 0.1) is 28.9 Å². The fraction of sp³-hybridized carbons (Fsp3) is 0.158. The van der Waals surface area contributed by atoms with E-state index in [9.17, 15) is 13.2 Å². The number of anilines is 2. The van der Waals surface area contributed by atoms with Gasteiger partial charge in [0.15, 0.2) is 0 Å². The summed E-state index contributed by atoms with van der Waals surface area (Å²) in [6.45, 7) is 3.64. The molecular formula is C19H20N4O3S. The second-order valence-electron chi connectivity index (χ2n) is 6.20. The van der Waals surface area contributed by atoms with E-state index in [1.54, 1.807) is 35.9 Å². The van der Waals surface area contributed by atoms with E-state index >= 15 is 0 Å². The quantitative estimate of drug-likeness (QED) is 0.707. The number of carbonyl (C=O) groups is 1. The molecule has 0 saturated heterocycles. The third-order valence-electron chi connectivity index (χ3n) is 3.97. The van der Waals surface area contributed by atoms with E-state index in [0.29, 0.717) is 22.6 Å². The van der Waals surface area contributed by atoms with Crippen LogP contribution in [0.25, 0.3) is 5.69 Å². The zero-order valence-corrected chi connectivity index (χ0v) is 16.0. The van der Waals surface area contributed by atoms with Gasteiger partial charge in [0.2, 0.25) is 10.0 Å². The van der Waals surface area contributed by atoms with E-state index in [4.69, 9.17) is 0 Å². The van der Waals surface area contributed by atoms with Gasteiger partial charge >= 0.3 is 0 Å². The average Bonchev–Trinajstić information content (AvgIpc) is 2.90. The number of sulfonamides is 1. The number of aryl methyl sites for hydroxylation is 1. The highest BCUT2D eigenvalue weighted by Gasteiger charge is 2.19. The molecule has 0 bridgehead atoms. The largest absolute Gasteiger partial charge is 0.322 e. The summed E-state index contributed by atoms with van der Waals surface area (Å²) in [6.07, 6.45) is 1.08. The molecular weight excluding hydrogens is 364 g/mol. The normalized spacial score (nSPS) is 11.2. The van der Waals surface area contributed by atoms with Crippen molar-refractivity contribution in [2.24, 2.45) is 0 Å². The Morgan fingerprint density at radius 3 is 2.15 bits per heavy atom. The fourth-order valence-electron chi connectivity index (χ4n) is 2.82. The highest BCUT2D eigenvalue weighted by atomic mass is 32.2. The molecule has 7 nitrogen and oxygen atoms in total. The summed E-state index contributed by atoms with van der Waals surface area (Å²) in [6, 6.07) is 16.0. The number of rotatable bonds is 5. The lowest BCUT2D eigenvalue weighted by molar-refractivity contribution is 0.102. The Morgan fingerprint density at radius 1 is 0.963 bits per heavy atom. The molecule has 0 saturated carbocycles. The maximum Gasteiger partial charge on any atom is 0.259 e. The van der Waals surface area contributed by atoms with Crippen molar-refractivity contribution >= 4 is 27.3 Å². The second kappa shape index (κ2) is 7.24. The molecule has 140 valence electrons. The van der Waals surface area contributed by atoms with Gasteiger partial charge in [0.1, 0.15) is 0 Å². The van der Waals surface area contributed by atoms with Crippen molar-refractivity contribution in [3.05, 3.63) is 71.5 Å². The first-order valence-corrected chi connectivity index (χ1v) is 10.1. The first kappa shape index (κ1) is 18.7. The summed E-state index contributed by atoms with van der Waals surface area (Å²) in [7, 11) is -3.34. The van der Waals surface area contributed by atoms with E-state index in [0.717, 1.165) is 17.6 Å². The number of carbonyl (C=O) groups excluding carboxylic acids is 1. The molecule has 0 fully saturated rings. The van der Waals surface area contributed by atoms with Crippen molar-refractivity contribution in [3.8, 4) is 5.69 Å². The Kier molecular flexibility index (Phi) is 5.00. The predicted octanol–water partition coefficient (Wildman–Crippen LogP) is 3.11. The first-order chi connectivity index (χ1) is 12.7. The Morgan fingerprint density at radius 2 is 1.56 bits per heavy atom. The molecule has 0 unspecified atom stereocenters. The van der Waals surface area contributed by atoms with Crippen LogP contribution in [0.3, 0.4) is 0 Å². The summed E-state index contributed by atoms with van der Waals surface area (Å²) in [4.78, 5) is 12.7. The van der Waals surface area contributed by atoms with Gasteiger partial charge in [-0.3, -0.25) is 9.52 Å². The smallest absolute Gasteiger partial charge is 0.259 e. The number of nitrogens with one attached hydrogen (secondary N) is 2. The minimum atomic E-state index is -3.34. The van der Waals surface area contributed by atoms with Crippen LogP contribution in [0.5, 0.6) is 0 Å². The number of aromatic nitrogens is 2. The van der Waals surface area contributed by atoms with Crippen molar-refractivity contribution in [1.82, 2.24) is 9.78 Å². The lowest BCUT2D eigenvalue weighted by Gasteiger charge is -2.08. The number of benzene rings is 2. The monoisotopic (exact) mass is 384 g/mol. The molecule has 8 heteroatoms. The van der Waals surface area contributed by atoms with Crippen LogP contribution < -0.4 is 10.0 Å². The van der Waals surface area contributed by atoms with E-state index < -0.39 is 10.0 Å². The Hall–Kier alpha value is -3.13. The Balaban J connectivity index is 1.82. The van der Waals surface area contributed by atoms with Crippen molar-refractivity contribution in [3.63, 3.8) is 0 Å². The molecule has 0 aliphatic carbocycles. The fourth-order valence-corrected chi connectivity index (χ4v) is 3.39. The van der Waals surface area contributed by atoms with E-state index in [1.807, 2.05) is 37.3 Å². The van der Waals surface area contributed by atoms with Crippen LogP contribution in [0, 0.1) is 13.8 Å². The van der Waals surface area contributed by atoms with Gasteiger partial charge in [0, 0.05) is 11.4 Å².